The van der Waals surface area contributed by atoms with Gasteiger partial charge in [-0.1, -0.05) is 73.1 Å². The maximum absolute atomic E-state index is 13.4. The largest absolute Gasteiger partial charge is 0.481 e. The molecule has 3 aromatic rings. The molecule has 41 heavy (non-hydrogen) atoms. The minimum absolute atomic E-state index is 0.0454. The fourth-order valence-corrected chi connectivity index (χ4v) is 7.48. The Labute approximate surface area is 249 Å². The standard InChI is InChI=1S/C33H41ClN2O4S/c1-23(21-35-33(2,3)20-25-17-27-7-5-6-8-28(27)18-25)22-36(4)41(39,40)29-14-15-30(31(34)19-29)26-12-9-24(10-13-26)11-16-32(37)38/h5-10,12-15,19,23,25,35H,11,16-18,20-22H2,1-4H3,(H,37,38)/t23-/m0/s1. The van der Waals surface area contributed by atoms with Crippen molar-refractivity contribution in [1.29, 1.82) is 0 Å². The summed E-state index contributed by atoms with van der Waals surface area (Å²) < 4.78 is 28.2. The Morgan fingerprint density at radius 3 is 2.29 bits per heavy atom. The number of halogens is 1. The van der Waals surface area contributed by atoms with E-state index < -0.39 is 16.0 Å². The molecule has 0 spiro atoms. The zero-order chi connectivity index (χ0) is 29.8. The van der Waals surface area contributed by atoms with Crippen LogP contribution in [0, 0.1) is 11.8 Å². The quantitative estimate of drug-likeness (QED) is 0.237. The van der Waals surface area contributed by atoms with Crippen LogP contribution in [0.25, 0.3) is 11.1 Å². The van der Waals surface area contributed by atoms with Gasteiger partial charge in [-0.3, -0.25) is 4.79 Å². The lowest BCUT2D eigenvalue weighted by Crippen LogP contribution is -2.45. The van der Waals surface area contributed by atoms with Gasteiger partial charge in [-0.2, -0.15) is 0 Å². The first-order valence-electron chi connectivity index (χ1n) is 14.2. The number of hydrogen-bond donors (Lipinski definition) is 2. The molecule has 0 bridgehead atoms. The summed E-state index contributed by atoms with van der Waals surface area (Å²) in [4.78, 5) is 11.0. The van der Waals surface area contributed by atoms with Gasteiger partial charge in [0.15, 0.2) is 0 Å². The van der Waals surface area contributed by atoms with Crippen molar-refractivity contribution in [2.75, 3.05) is 20.1 Å². The van der Waals surface area contributed by atoms with E-state index in [0.717, 1.165) is 36.0 Å². The minimum atomic E-state index is -3.72. The molecule has 3 aromatic carbocycles. The first kappa shape index (κ1) is 31.2. The van der Waals surface area contributed by atoms with Crippen molar-refractivity contribution < 1.29 is 18.3 Å². The van der Waals surface area contributed by atoms with Crippen LogP contribution in [0.5, 0.6) is 0 Å². The van der Waals surface area contributed by atoms with Crippen molar-refractivity contribution >= 4 is 27.6 Å². The van der Waals surface area contributed by atoms with Crippen molar-refractivity contribution in [3.63, 3.8) is 0 Å². The zero-order valence-electron chi connectivity index (χ0n) is 24.4. The fourth-order valence-electron chi connectivity index (χ4n) is 5.81. The number of sulfonamides is 1. The van der Waals surface area contributed by atoms with Crippen molar-refractivity contribution in [2.24, 2.45) is 11.8 Å². The molecule has 1 aliphatic carbocycles. The maximum Gasteiger partial charge on any atom is 0.303 e. The topological polar surface area (TPSA) is 86.7 Å². The number of carboxylic acid groups (broad SMARTS) is 1. The van der Waals surface area contributed by atoms with Crippen LogP contribution in [0.1, 0.15) is 50.3 Å². The molecule has 6 nitrogen and oxygen atoms in total. The van der Waals surface area contributed by atoms with Crippen LogP contribution in [0.4, 0.5) is 0 Å². The van der Waals surface area contributed by atoms with E-state index in [4.69, 9.17) is 16.7 Å². The molecule has 0 fully saturated rings. The Morgan fingerprint density at radius 1 is 1.07 bits per heavy atom. The Hall–Kier alpha value is -2.71. The third kappa shape index (κ3) is 8.19. The molecule has 0 unspecified atom stereocenters. The monoisotopic (exact) mass is 596 g/mol. The number of fused-ring (bicyclic) bond motifs is 1. The number of benzene rings is 3. The highest BCUT2D eigenvalue weighted by molar-refractivity contribution is 7.89. The molecule has 1 atom stereocenters. The van der Waals surface area contributed by atoms with E-state index in [-0.39, 0.29) is 22.8 Å². The lowest BCUT2D eigenvalue weighted by atomic mass is 9.88. The second kappa shape index (κ2) is 13.1. The summed E-state index contributed by atoms with van der Waals surface area (Å²) >= 11 is 6.55. The molecule has 0 radical (unpaired) electrons. The van der Waals surface area contributed by atoms with Crippen LogP contribution >= 0.6 is 11.6 Å². The lowest BCUT2D eigenvalue weighted by Gasteiger charge is -2.31. The molecular weight excluding hydrogens is 556 g/mol. The van der Waals surface area contributed by atoms with E-state index in [1.165, 1.54) is 21.5 Å². The first-order chi connectivity index (χ1) is 19.3. The van der Waals surface area contributed by atoms with E-state index in [1.54, 1.807) is 19.2 Å². The van der Waals surface area contributed by atoms with Crippen LogP contribution in [-0.4, -0.2) is 49.5 Å². The van der Waals surface area contributed by atoms with Crippen LogP contribution in [-0.2, 0) is 34.1 Å². The molecule has 0 saturated heterocycles. The number of nitrogens with zero attached hydrogens (tertiary/aromatic N) is 1. The van der Waals surface area contributed by atoms with Crippen molar-refractivity contribution in [3.05, 3.63) is 88.4 Å². The summed E-state index contributed by atoms with van der Waals surface area (Å²) in [7, 11) is -2.10. The molecule has 2 N–H and O–H groups in total. The first-order valence-corrected chi connectivity index (χ1v) is 16.0. The van der Waals surface area contributed by atoms with Crippen LogP contribution < -0.4 is 5.32 Å². The van der Waals surface area contributed by atoms with E-state index in [9.17, 15) is 13.2 Å². The summed E-state index contributed by atoms with van der Waals surface area (Å²) in [5.74, 6) is -0.0978. The van der Waals surface area contributed by atoms with Gasteiger partial charge in [-0.05, 0) is 92.3 Å². The Kier molecular flexibility index (Phi) is 9.96. The smallest absolute Gasteiger partial charge is 0.303 e. The second-order valence-corrected chi connectivity index (χ2v) is 14.6. The van der Waals surface area contributed by atoms with Gasteiger partial charge < -0.3 is 10.4 Å². The Balaban J connectivity index is 1.32. The predicted octanol–water partition coefficient (Wildman–Crippen LogP) is 6.45. The molecule has 0 aliphatic heterocycles. The third-order valence-corrected chi connectivity index (χ3v) is 10.1. The number of hydrogen-bond acceptors (Lipinski definition) is 4. The number of rotatable bonds is 13. The van der Waals surface area contributed by atoms with Crippen molar-refractivity contribution in [2.45, 2.75) is 63.3 Å². The number of nitrogens with one attached hydrogen (secondary N) is 1. The summed E-state index contributed by atoms with van der Waals surface area (Å²) in [6.45, 7) is 7.63. The predicted molar refractivity (Wildman–Crippen MR) is 166 cm³/mol. The van der Waals surface area contributed by atoms with Gasteiger partial charge in [0.2, 0.25) is 10.0 Å². The minimum Gasteiger partial charge on any atom is -0.481 e. The van der Waals surface area contributed by atoms with Gasteiger partial charge in [0, 0.05) is 36.1 Å². The molecule has 1 aliphatic rings. The normalized spacial score (nSPS) is 14.8. The highest BCUT2D eigenvalue weighted by Crippen LogP contribution is 2.33. The van der Waals surface area contributed by atoms with Gasteiger partial charge in [-0.25, -0.2) is 12.7 Å². The number of aryl methyl sites for hydroxylation is 1. The second-order valence-electron chi connectivity index (χ2n) is 12.1. The highest BCUT2D eigenvalue weighted by atomic mass is 35.5. The molecule has 0 aromatic heterocycles. The van der Waals surface area contributed by atoms with Crippen molar-refractivity contribution in [3.8, 4) is 11.1 Å². The summed E-state index contributed by atoms with van der Waals surface area (Å²) in [6, 6.07) is 21.0. The lowest BCUT2D eigenvalue weighted by molar-refractivity contribution is -0.136. The molecule has 4 rings (SSSR count). The molecule has 0 amide bonds. The molecule has 0 saturated carbocycles. The van der Waals surface area contributed by atoms with E-state index in [0.29, 0.717) is 30.5 Å². The van der Waals surface area contributed by atoms with Gasteiger partial charge in [0.25, 0.3) is 0 Å². The van der Waals surface area contributed by atoms with Gasteiger partial charge in [0.1, 0.15) is 0 Å². The molecule has 8 heteroatoms. The van der Waals surface area contributed by atoms with Gasteiger partial charge in [-0.15, -0.1) is 0 Å². The van der Waals surface area contributed by atoms with E-state index in [2.05, 4.69) is 50.4 Å². The molecule has 220 valence electrons. The number of carboxylic acids is 1. The number of aliphatic carboxylic acids is 1. The SMILES string of the molecule is C[C@@H](CNC(C)(C)CC1Cc2ccccc2C1)CN(C)S(=O)(=O)c1ccc(-c2ccc(CCC(=O)O)cc2)c(Cl)c1. The molecular formula is C33H41ClN2O4S. The average molecular weight is 597 g/mol. The van der Waals surface area contributed by atoms with Crippen LogP contribution in [0.15, 0.2) is 71.6 Å². The van der Waals surface area contributed by atoms with E-state index >= 15 is 0 Å². The average Bonchev–Trinajstić information content (AvgIpc) is 3.32. The summed E-state index contributed by atoms with van der Waals surface area (Å²) in [5, 5.41) is 12.9. The fraction of sp³-hybridized carbons (Fsp3) is 0.424. The molecule has 0 heterocycles. The number of carbonyl (C=O) groups is 1. The highest BCUT2D eigenvalue weighted by Gasteiger charge is 2.29. The summed E-state index contributed by atoms with van der Waals surface area (Å²) in [6.07, 6.45) is 3.84. The van der Waals surface area contributed by atoms with Gasteiger partial charge >= 0.3 is 5.97 Å². The van der Waals surface area contributed by atoms with Gasteiger partial charge in [0.05, 0.1) is 4.90 Å². The van der Waals surface area contributed by atoms with Crippen LogP contribution in [0.3, 0.4) is 0 Å². The van der Waals surface area contributed by atoms with Crippen LogP contribution in [0.2, 0.25) is 5.02 Å². The zero-order valence-corrected chi connectivity index (χ0v) is 25.9. The maximum atomic E-state index is 13.4. The third-order valence-electron chi connectivity index (χ3n) is 7.97. The Bertz CT molecular complexity index is 1450. The van der Waals surface area contributed by atoms with E-state index in [1.807, 2.05) is 24.3 Å². The van der Waals surface area contributed by atoms with Crippen molar-refractivity contribution in [1.82, 2.24) is 9.62 Å². The summed E-state index contributed by atoms with van der Waals surface area (Å²) in [5.41, 5.74) is 5.37. The Morgan fingerprint density at radius 2 is 1.71 bits per heavy atom.